The third kappa shape index (κ3) is 3.78. The quantitative estimate of drug-likeness (QED) is 0.814. The van der Waals surface area contributed by atoms with Crippen molar-refractivity contribution in [2.45, 2.75) is 44.7 Å². The lowest BCUT2D eigenvalue weighted by Crippen LogP contribution is -2.38. The molecule has 5 rings (SSSR count). The van der Waals surface area contributed by atoms with Crippen LogP contribution in [0.5, 0.6) is 0 Å². The van der Waals surface area contributed by atoms with Gasteiger partial charge in [-0.15, -0.1) is 0 Å². The number of amidine groups is 1. The van der Waals surface area contributed by atoms with Gasteiger partial charge in [-0.3, -0.25) is 9.79 Å². The molecule has 6 nitrogen and oxygen atoms in total. The van der Waals surface area contributed by atoms with Gasteiger partial charge in [0.05, 0.1) is 36.9 Å². The Balaban J connectivity index is 1.31. The molecule has 0 bridgehead atoms. The van der Waals surface area contributed by atoms with E-state index in [4.69, 9.17) is 15.0 Å². The fourth-order valence-corrected chi connectivity index (χ4v) is 5.09. The van der Waals surface area contributed by atoms with Crippen LogP contribution in [-0.2, 0) is 4.74 Å². The van der Waals surface area contributed by atoms with Crippen molar-refractivity contribution in [2.24, 2.45) is 4.99 Å². The summed E-state index contributed by atoms with van der Waals surface area (Å²) in [5.41, 5.74) is 5.86. The number of carbonyl (C=O) groups excluding carboxylic acids is 1. The Hall–Kier alpha value is -3.17. The number of hydrogen-bond acceptors (Lipinski definition) is 5. The van der Waals surface area contributed by atoms with E-state index in [1.54, 1.807) is 0 Å². The molecule has 32 heavy (non-hydrogen) atoms. The van der Waals surface area contributed by atoms with Crippen molar-refractivity contribution in [3.63, 3.8) is 0 Å². The number of aryl methyl sites for hydroxylation is 2. The summed E-state index contributed by atoms with van der Waals surface area (Å²) in [7, 11) is 0. The number of nitrogens with one attached hydrogen (secondary N) is 1. The van der Waals surface area contributed by atoms with Gasteiger partial charge in [-0.25, -0.2) is 0 Å². The second kappa shape index (κ2) is 8.40. The van der Waals surface area contributed by atoms with Gasteiger partial charge >= 0.3 is 0 Å². The van der Waals surface area contributed by atoms with Crippen LogP contribution in [0.25, 0.3) is 0 Å². The average Bonchev–Trinajstić information content (AvgIpc) is 3.41. The topological polar surface area (TPSA) is 77.7 Å². The molecule has 2 atom stereocenters. The highest BCUT2D eigenvalue weighted by atomic mass is 16.5. The summed E-state index contributed by atoms with van der Waals surface area (Å²) in [6.07, 6.45) is 1.88. The van der Waals surface area contributed by atoms with Gasteiger partial charge in [-0.1, -0.05) is 18.2 Å². The summed E-state index contributed by atoms with van der Waals surface area (Å²) < 4.78 is 5.49. The molecule has 1 N–H and O–H groups in total. The van der Waals surface area contributed by atoms with E-state index in [-0.39, 0.29) is 18.0 Å². The van der Waals surface area contributed by atoms with Crippen LogP contribution >= 0.6 is 0 Å². The number of benzene rings is 2. The lowest BCUT2D eigenvalue weighted by molar-refractivity contribution is 0.0712. The van der Waals surface area contributed by atoms with Crippen LogP contribution in [-0.4, -0.2) is 55.0 Å². The minimum atomic E-state index is 0.101. The summed E-state index contributed by atoms with van der Waals surface area (Å²) in [6, 6.07) is 14.6. The summed E-state index contributed by atoms with van der Waals surface area (Å²) in [4.78, 5) is 20.2. The largest absolute Gasteiger partial charge is 0.377 e. The average molecular weight is 429 g/mol. The van der Waals surface area contributed by atoms with E-state index < -0.39 is 0 Å². The van der Waals surface area contributed by atoms with Gasteiger partial charge in [0.25, 0.3) is 5.91 Å². The van der Waals surface area contributed by atoms with Crippen LogP contribution < -0.4 is 5.32 Å². The van der Waals surface area contributed by atoms with E-state index >= 15 is 0 Å². The molecule has 164 valence electrons. The Morgan fingerprint density at radius 2 is 1.88 bits per heavy atom. The summed E-state index contributed by atoms with van der Waals surface area (Å²) in [5, 5.41) is 12.5. The van der Waals surface area contributed by atoms with Crippen molar-refractivity contribution in [1.29, 1.82) is 5.26 Å². The molecule has 0 saturated carbocycles. The first-order valence-corrected chi connectivity index (χ1v) is 11.4. The highest BCUT2D eigenvalue weighted by Gasteiger charge is 2.35. The number of piperidine rings is 1. The normalized spacial score (nSPS) is 22.8. The van der Waals surface area contributed by atoms with Crippen molar-refractivity contribution in [3.8, 4) is 6.07 Å². The Morgan fingerprint density at radius 1 is 1.12 bits per heavy atom. The first kappa shape index (κ1) is 20.7. The number of hydrogen-bond donors (Lipinski definition) is 1. The SMILES string of the molecule is Cc1cc(C)c(C2=N[C@H]3COC[C@H]3N2)cc1C(=O)N1CCC(c2ccc(C#N)cc2)CC1. The number of rotatable bonds is 3. The Bertz CT molecular complexity index is 1110. The fraction of sp³-hybridized carbons (Fsp3) is 0.423. The summed E-state index contributed by atoms with van der Waals surface area (Å²) in [6.45, 7) is 6.92. The van der Waals surface area contributed by atoms with Gasteiger partial charge < -0.3 is 15.0 Å². The molecule has 2 fully saturated rings. The third-order valence-corrected chi connectivity index (χ3v) is 7.02. The molecule has 2 aromatic carbocycles. The van der Waals surface area contributed by atoms with E-state index in [9.17, 15) is 4.79 Å². The van der Waals surface area contributed by atoms with Crippen LogP contribution in [0.4, 0.5) is 0 Å². The molecule has 3 aliphatic heterocycles. The van der Waals surface area contributed by atoms with Gasteiger partial charge in [-0.2, -0.15) is 5.26 Å². The molecule has 0 unspecified atom stereocenters. The predicted octanol–water partition coefficient (Wildman–Crippen LogP) is 3.31. The van der Waals surface area contributed by atoms with Crippen molar-refractivity contribution >= 4 is 11.7 Å². The van der Waals surface area contributed by atoms with Gasteiger partial charge in [0.15, 0.2) is 0 Å². The Kier molecular flexibility index (Phi) is 5.44. The second-order valence-corrected chi connectivity index (χ2v) is 9.12. The van der Waals surface area contributed by atoms with Crippen molar-refractivity contribution in [1.82, 2.24) is 10.2 Å². The fourth-order valence-electron chi connectivity index (χ4n) is 5.09. The van der Waals surface area contributed by atoms with Crippen LogP contribution in [0.1, 0.15) is 56.9 Å². The lowest BCUT2D eigenvalue weighted by atomic mass is 9.88. The predicted molar refractivity (Wildman–Crippen MR) is 123 cm³/mol. The number of carbonyl (C=O) groups is 1. The summed E-state index contributed by atoms with van der Waals surface area (Å²) >= 11 is 0. The minimum Gasteiger partial charge on any atom is -0.377 e. The molecule has 0 spiro atoms. The first-order chi connectivity index (χ1) is 15.5. The highest BCUT2D eigenvalue weighted by molar-refractivity contribution is 6.05. The van der Waals surface area contributed by atoms with Crippen LogP contribution in [0, 0.1) is 25.2 Å². The number of amides is 1. The maximum atomic E-state index is 13.4. The second-order valence-electron chi connectivity index (χ2n) is 9.12. The van der Waals surface area contributed by atoms with E-state index in [0.29, 0.717) is 24.7 Å². The van der Waals surface area contributed by atoms with Crippen LogP contribution in [0.2, 0.25) is 0 Å². The molecule has 3 heterocycles. The molecular weight excluding hydrogens is 400 g/mol. The van der Waals surface area contributed by atoms with E-state index in [1.807, 2.05) is 42.2 Å². The van der Waals surface area contributed by atoms with Gasteiger partial charge in [0.2, 0.25) is 0 Å². The number of fused-ring (bicyclic) bond motifs is 1. The zero-order valence-electron chi connectivity index (χ0n) is 18.6. The Morgan fingerprint density at radius 3 is 2.56 bits per heavy atom. The summed E-state index contributed by atoms with van der Waals surface area (Å²) in [5.74, 6) is 1.42. The smallest absolute Gasteiger partial charge is 0.254 e. The van der Waals surface area contributed by atoms with E-state index in [0.717, 1.165) is 54.0 Å². The standard InChI is InChI=1S/C26H28N4O2/c1-16-11-17(2)22(12-21(16)25-28-23-14-32-15-24(23)29-25)26(31)30-9-7-20(8-10-30)19-5-3-18(13-27)4-6-19/h3-6,11-12,20,23-24H,7-10,14-15H2,1-2H3,(H,28,29)/t23-,24+. The highest BCUT2D eigenvalue weighted by Crippen LogP contribution is 2.30. The Labute approximate surface area is 188 Å². The minimum absolute atomic E-state index is 0.101. The van der Waals surface area contributed by atoms with Gasteiger partial charge in [0, 0.05) is 24.2 Å². The number of aliphatic imine (C=N–C) groups is 1. The maximum absolute atomic E-state index is 13.4. The van der Waals surface area contributed by atoms with Crippen LogP contribution in [0.15, 0.2) is 41.4 Å². The number of ether oxygens (including phenoxy) is 1. The van der Waals surface area contributed by atoms with Crippen molar-refractivity contribution in [2.75, 3.05) is 26.3 Å². The molecule has 1 amide bonds. The molecule has 2 aromatic rings. The molecule has 2 saturated heterocycles. The van der Waals surface area contributed by atoms with Gasteiger partial charge in [0.1, 0.15) is 5.84 Å². The number of nitriles is 1. The molecule has 0 radical (unpaired) electrons. The third-order valence-electron chi connectivity index (χ3n) is 7.02. The van der Waals surface area contributed by atoms with E-state index in [2.05, 4.69) is 24.4 Å². The maximum Gasteiger partial charge on any atom is 0.254 e. The zero-order valence-corrected chi connectivity index (χ0v) is 18.6. The zero-order chi connectivity index (χ0) is 22.2. The monoisotopic (exact) mass is 428 g/mol. The number of nitrogens with zero attached hydrogens (tertiary/aromatic N) is 3. The van der Waals surface area contributed by atoms with Crippen LogP contribution in [0.3, 0.4) is 0 Å². The first-order valence-electron chi connectivity index (χ1n) is 11.4. The molecule has 0 aliphatic carbocycles. The van der Waals surface area contributed by atoms with Crippen molar-refractivity contribution in [3.05, 3.63) is 69.8 Å². The lowest BCUT2D eigenvalue weighted by Gasteiger charge is -2.33. The van der Waals surface area contributed by atoms with E-state index in [1.165, 1.54) is 5.56 Å². The van der Waals surface area contributed by atoms with Gasteiger partial charge in [-0.05, 0) is 67.5 Å². The molecule has 0 aromatic heterocycles. The molecule has 3 aliphatic rings. The van der Waals surface area contributed by atoms with Crippen molar-refractivity contribution < 1.29 is 9.53 Å². The number of likely N-dealkylation sites (tertiary alicyclic amines) is 1. The molecular formula is C26H28N4O2. The molecule has 6 heteroatoms.